The first-order chi connectivity index (χ1) is 9.74. The van der Waals surface area contributed by atoms with Crippen LogP contribution in [0.1, 0.15) is 16.1 Å². The van der Waals surface area contributed by atoms with Crippen molar-refractivity contribution in [3.63, 3.8) is 0 Å². The Hall–Kier alpha value is -1.14. The summed E-state index contributed by atoms with van der Waals surface area (Å²) in [6, 6.07) is 7.69. The van der Waals surface area contributed by atoms with Crippen LogP contribution in [0, 0.1) is 0 Å². The summed E-state index contributed by atoms with van der Waals surface area (Å²) in [5.41, 5.74) is 0. The van der Waals surface area contributed by atoms with Gasteiger partial charge in [0.2, 0.25) is 0 Å². The number of amides is 1. The summed E-state index contributed by atoms with van der Waals surface area (Å²) in [6.07, 6.45) is 0.703. The number of rotatable bonds is 7. The molecule has 1 aromatic heterocycles. The van der Waals surface area contributed by atoms with Gasteiger partial charge in [-0.15, -0.1) is 11.3 Å². The zero-order chi connectivity index (χ0) is 14.4. The standard InChI is InChI=1S/C14H16ClNO3S/c15-12-10-4-1-2-5-11(10)20-13(12)14(18)16-6-3-8-19-9-7-17/h1-2,4-5,17H,3,6-9H2,(H,16,18). The van der Waals surface area contributed by atoms with E-state index in [1.165, 1.54) is 11.3 Å². The fourth-order valence-electron chi connectivity index (χ4n) is 1.78. The molecular formula is C14H16ClNO3S. The van der Waals surface area contributed by atoms with E-state index in [0.29, 0.717) is 36.1 Å². The second kappa shape index (κ2) is 7.59. The lowest BCUT2D eigenvalue weighted by Crippen LogP contribution is -2.24. The highest BCUT2D eigenvalue weighted by Gasteiger charge is 2.16. The van der Waals surface area contributed by atoms with Gasteiger partial charge in [0.05, 0.1) is 18.2 Å². The minimum absolute atomic E-state index is 0.0176. The molecule has 0 radical (unpaired) electrons. The second-order valence-corrected chi connectivity index (χ2v) is 5.62. The number of nitrogens with one attached hydrogen (secondary N) is 1. The topological polar surface area (TPSA) is 58.6 Å². The molecule has 2 N–H and O–H groups in total. The third-order valence-electron chi connectivity index (χ3n) is 2.73. The molecule has 0 spiro atoms. The molecule has 4 nitrogen and oxygen atoms in total. The molecule has 1 aromatic carbocycles. The largest absolute Gasteiger partial charge is 0.394 e. The maximum Gasteiger partial charge on any atom is 0.262 e. The van der Waals surface area contributed by atoms with Crippen LogP contribution in [0.3, 0.4) is 0 Å². The lowest BCUT2D eigenvalue weighted by Gasteiger charge is -2.04. The molecule has 108 valence electrons. The van der Waals surface area contributed by atoms with E-state index in [4.69, 9.17) is 21.4 Å². The van der Waals surface area contributed by atoms with E-state index in [9.17, 15) is 4.79 Å². The molecule has 1 heterocycles. The molecule has 0 fully saturated rings. The van der Waals surface area contributed by atoms with Crippen molar-refractivity contribution in [3.8, 4) is 0 Å². The van der Waals surface area contributed by atoms with E-state index in [0.717, 1.165) is 10.1 Å². The molecule has 0 aliphatic heterocycles. The Labute approximate surface area is 126 Å². The van der Waals surface area contributed by atoms with Crippen LogP contribution >= 0.6 is 22.9 Å². The third-order valence-corrected chi connectivity index (χ3v) is 4.40. The number of carbonyl (C=O) groups is 1. The summed E-state index contributed by atoms with van der Waals surface area (Å²) in [5.74, 6) is -0.154. The minimum Gasteiger partial charge on any atom is -0.394 e. The van der Waals surface area contributed by atoms with Gasteiger partial charge in [-0.05, 0) is 12.5 Å². The van der Waals surface area contributed by atoms with Crippen LogP contribution in [0.2, 0.25) is 5.02 Å². The summed E-state index contributed by atoms with van der Waals surface area (Å²) in [6.45, 7) is 1.38. The average Bonchev–Trinajstić information content (AvgIpc) is 2.80. The van der Waals surface area contributed by atoms with Crippen molar-refractivity contribution in [3.05, 3.63) is 34.2 Å². The number of fused-ring (bicyclic) bond motifs is 1. The lowest BCUT2D eigenvalue weighted by atomic mass is 10.2. The zero-order valence-electron chi connectivity index (χ0n) is 10.9. The molecule has 0 bridgehead atoms. The number of aliphatic hydroxyl groups is 1. The molecule has 20 heavy (non-hydrogen) atoms. The van der Waals surface area contributed by atoms with Gasteiger partial charge in [-0.2, -0.15) is 0 Å². The van der Waals surface area contributed by atoms with Crippen molar-refractivity contribution in [1.29, 1.82) is 0 Å². The van der Waals surface area contributed by atoms with Crippen LogP contribution in [0.25, 0.3) is 10.1 Å². The van der Waals surface area contributed by atoms with Gasteiger partial charge in [-0.1, -0.05) is 29.8 Å². The van der Waals surface area contributed by atoms with Crippen LogP contribution < -0.4 is 5.32 Å². The molecule has 0 aliphatic rings. The smallest absolute Gasteiger partial charge is 0.262 e. The quantitative estimate of drug-likeness (QED) is 0.773. The Morgan fingerprint density at radius 1 is 1.35 bits per heavy atom. The monoisotopic (exact) mass is 313 g/mol. The number of hydrogen-bond donors (Lipinski definition) is 2. The van der Waals surface area contributed by atoms with E-state index in [1.54, 1.807) is 0 Å². The highest BCUT2D eigenvalue weighted by atomic mass is 35.5. The molecule has 6 heteroatoms. The fraction of sp³-hybridized carbons (Fsp3) is 0.357. The highest BCUT2D eigenvalue weighted by Crippen LogP contribution is 2.34. The van der Waals surface area contributed by atoms with Gasteiger partial charge < -0.3 is 15.2 Å². The molecule has 0 atom stereocenters. The number of carbonyl (C=O) groups excluding carboxylic acids is 1. The van der Waals surface area contributed by atoms with Gasteiger partial charge in [0.1, 0.15) is 4.88 Å². The molecule has 1 amide bonds. The van der Waals surface area contributed by atoms with Gasteiger partial charge in [0, 0.05) is 23.2 Å². The Morgan fingerprint density at radius 2 is 2.15 bits per heavy atom. The van der Waals surface area contributed by atoms with Crippen molar-refractivity contribution < 1.29 is 14.6 Å². The van der Waals surface area contributed by atoms with Gasteiger partial charge in [-0.25, -0.2) is 0 Å². The maximum absolute atomic E-state index is 12.1. The summed E-state index contributed by atoms with van der Waals surface area (Å²) < 4.78 is 6.13. The van der Waals surface area contributed by atoms with Crippen LogP contribution in [0.4, 0.5) is 0 Å². The van der Waals surface area contributed by atoms with Gasteiger partial charge in [-0.3, -0.25) is 4.79 Å². The van der Waals surface area contributed by atoms with Crippen molar-refractivity contribution in [2.45, 2.75) is 6.42 Å². The predicted molar refractivity (Wildman–Crippen MR) is 81.7 cm³/mol. The molecule has 2 rings (SSSR count). The van der Waals surface area contributed by atoms with Crippen LogP contribution in [0.5, 0.6) is 0 Å². The summed E-state index contributed by atoms with van der Waals surface area (Å²) in [4.78, 5) is 12.6. The van der Waals surface area contributed by atoms with Crippen molar-refractivity contribution in [2.75, 3.05) is 26.4 Å². The summed E-state index contributed by atoms with van der Waals surface area (Å²) in [7, 11) is 0. The summed E-state index contributed by atoms with van der Waals surface area (Å²) >= 11 is 7.63. The van der Waals surface area contributed by atoms with Crippen molar-refractivity contribution in [1.82, 2.24) is 5.32 Å². The van der Waals surface area contributed by atoms with Gasteiger partial charge in [0.15, 0.2) is 0 Å². The zero-order valence-corrected chi connectivity index (χ0v) is 12.5. The fourth-order valence-corrected chi connectivity index (χ4v) is 3.22. The number of benzene rings is 1. The number of hydrogen-bond acceptors (Lipinski definition) is 4. The van der Waals surface area contributed by atoms with E-state index in [-0.39, 0.29) is 12.5 Å². The van der Waals surface area contributed by atoms with Crippen LogP contribution in [-0.2, 0) is 4.74 Å². The molecule has 0 saturated carbocycles. The molecular weight excluding hydrogens is 298 g/mol. The van der Waals surface area contributed by atoms with Crippen molar-refractivity contribution >= 4 is 38.9 Å². The Morgan fingerprint density at radius 3 is 2.90 bits per heavy atom. The maximum atomic E-state index is 12.1. The number of ether oxygens (including phenoxy) is 1. The number of aliphatic hydroxyl groups excluding tert-OH is 1. The van der Waals surface area contributed by atoms with Crippen LogP contribution in [-0.4, -0.2) is 37.4 Å². The van der Waals surface area contributed by atoms with E-state index in [1.807, 2.05) is 24.3 Å². The molecule has 2 aromatic rings. The van der Waals surface area contributed by atoms with E-state index >= 15 is 0 Å². The first-order valence-corrected chi connectivity index (χ1v) is 7.57. The third kappa shape index (κ3) is 3.70. The molecule has 0 saturated heterocycles. The Bertz CT molecular complexity index is 585. The first kappa shape index (κ1) is 15.3. The van der Waals surface area contributed by atoms with Crippen LogP contribution in [0.15, 0.2) is 24.3 Å². The minimum atomic E-state index is -0.154. The Kier molecular flexibility index (Phi) is 5.79. The first-order valence-electron chi connectivity index (χ1n) is 6.38. The SMILES string of the molecule is O=C(NCCCOCCO)c1sc2ccccc2c1Cl. The average molecular weight is 314 g/mol. The number of thiophene rings is 1. The van der Waals surface area contributed by atoms with E-state index in [2.05, 4.69) is 5.32 Å². The number of halogens is 1. The lowest BCUT2D eigenvalue weighted by molar-refractivity contribution is 0.0869. The second-order valence-electron chi connectivity index (χ2n) is 4.19. The summed E-state index contributed by atoms with van der Waals surface area (Å²) in [5, 5.41) is 12.8. The van der Waals surface area contributed by atoms with E-state index < -0.39 is 0 Å². The van der Waals surface area contributed by atoms with Gasteiger partial charge in [0.25, 0.3) is 5.91 Å². The molecule has 0 unspecified atom stereocenters. The molecule has 0 aliphatic carbocycles. The highest BCUT2D eigenvalue weighted by molar-refractivity contribution is 7.21. The predicted octanol–water partition coefficient (Wildman–Crippen LogP) is 2.68. The van der Waals surface area contributed by atoms with Gasteiger partial charge >= 0.3 is 0 Å². The van der Waals surface area contributed by atoms with Crippen molar-refractivity contribution in [2.24, 2.45) is 0 Å². The Balaban J connectivity index is 1.89. The normalized spacial score (nSPS) is 10.9.